The molecule has 2 aromatic heterocycles. The van der Waals surface area contributed by atoms with Gasteiger partial charge in [0.05, 0.1) is 24.0 Å². The molecular weight excluding hydrogens is 483 g/mol. The van der Waals surface area contributed by atoms with Crippen molar-refractivity contribution in [1.82, 2.24) is 9.97 Å². The van der Waals surface area contributed by atoms with Crippen LogP contribution < -0.4 is 4.31 Å². The van der Waals surface area contributed by atoms with Crippen molar-refractivity contribution in [3.8, 4) is 0 Å². The second kappa shape index (κ2) is 10.1. The van der Waals surface area contributed by atoms with Gasteiger partial charge in [-0.25, -0.2) is 17.7 Å². The van der Waals surface area contributed by atoms with Crippen molar-refractivity contribution >= 4 is 38.9 Å². The predicted octanol–water partition coefficient (Wildman–Crippen LogP) is 1.84. The van der Waals surface area contributed by atoms with Gasteiger partial charge < -0.3 is 26.5 Å². The van der Waals surface area contributed by atoms with Gasteiger partial charge in [0.2, 0.25) is 10.0 Å². The quantitative estimate of drug-likeness (QED) is 0.439. The standard InChI is InChI=1S/C16H20N3O4S3.Y/c1-2-13(20)11-3-4-15(18-9-11)19-12(14(21)10-26(19,22)23)5-7-24-16-17-6-8-25-16;/h3-4,6,9,12-14,20-21H,2,5,7,10H2,1H3;/q-1;. The molecule has 0 bridgehead atoms. The van der Waals surface area contributed by atoms with Crippen LogP contribution in [-0.2, 0) is 42.7 Å². The number of hydrogen-bond donors (Lipinski definition) is 2. The Balaban J connectivity index is 0.00000261. The normalized spacial score (nSPS) is 22.4. The molecule has 1 aliphatic heterocycles. The van der Waals surface area contributed by atoms with Crippen LogP contribution in [0, 0.1) is 5.38 Å². The van der Waals surface area contributed by atoms with Gasteiger partial charge in [-0.05, 0) is 34.6 Å². The molecule has 1 radical (unpaired) electrons. The molecule has 2 N–H and O–H groups in total. The smallest absolute Gasteiger partial charge is 0.239 e. The molecule has 7 nitrogen and oxygen atoms in total. The van der Waals surface area contributed by atoms with Gasteiger partial charge in [0.1, 0.15) is 5.82 Å². The first-order valence-electron chi connectivity index (χ1n) is 8.21. The maximum absolute atomic E-state index is 12.5. The van der Waals surface area contributed by atoms with Crippen LogP contribution in [0.2, 0.25) is 0 Å². The van der Waals surface area contributed by atoms with Crippen molar-refractivity contribution < 1.29 is 51.3 Å². The van der Waals surface area contributed by atoms with Gasteiger partial charge in [-0.2, -0.15) is 17.1 Å². The summed E-state index contributed by atoms with van der Waals surface area (Å²) in [5.41, 5.74) is 0.639. The van der Waals surface area contributed by atoms with Crippen LogP contribution in [0.1, 0.15) is 31.4 Å². The molecule has 3 rings (SSSR count). The fraction of sp³-hybridized carbons (Fsp3) is 0.500. The third-order valence-electron chi connectivity index (χ3n) is 4.20. The zero-order chi connectivity index (χ0) is 18.7. The summed E-state index contributed by atoms with van der Waals surface area (Å²) in [6.45, 7) is 1.85. The number of aliphatic hydroxyl groups excluding tert-OH is 2. The number of aromatic nitrogens is 2. The van der Waals surface area contributed by atoms with E-state index in [2.05, 4.69) is 15.3 Å². The van der Waals surface area contributed by atoms with Gasteiger partial charge in [0.25, 0.3) is 0 Å². The van der Waals surface area contributed by atoms with Crippen molar-refractivity contribution in [2.45, 2.75) is 42.4 Å². The summed E-state index contributed by atoms with van der Waals surface area (Å²) in [5.74, 6) is 0.585. The van der Waals surface area contributed by atoms with Gasteiger partial charge in [-0.15, -0.1) is 0 Å². The van der Waals surface area contributed by atoms with Crippen molar-refractivity contribution in [2.75, 3.05) is 15.8 Å². The summed E-state index contributed by atoms with van der Waals surface area (Å²) in [6, 6.07) is 2.69. The molecule has 0 aromatic carbocycles. The second-order valence-corrected chi connectivity index (χ2v) is 10.0. The van der Waals surface area contributed by atoms with E-state index in [1.807, 2.05) is 6.92 Å². The summed E-state index contributed by atoms with van der Waals surface area (Å²) < 4.78 is 27.1. The molecule has 2 aromatic rings. The van der Waals surface area contributed by atoms with E-state index in [1.165, 1.54) is 33.6 Å². The van der Waals surface area contributed by atoms with E-state index >= 15 is 0 Å². The Hall–Kier alpha value is -0.0961. The molecule has 0 spiro atoms. The van der Waals surface area contributed by atoms with E-state index in [9.17, 15) is 18.6 Å². The first kappa shape index (κ1) is 23.2. The topological polar surface area (TPSA) is 104 Å². The maximum atomic E-state index is 12.5. The number of anilines is 1. The predicted molar refractivity (Wildman–Crippen MR) is 102 cm³/mol. The van der Waals surface area contributed by atoms with Gasteiger partial charge in [-0.3, -0.25) is 0 Å². The van der Waals surface area contributed by atoms with Crippen molar-refractivity contribution in [2.24, 2.45) is 0 Å². The average molecular weight is 503 g/mol. The molecule has 0 aliphatic carbocycles. The van der Waals surface area contributed by atoms with Crippen LogP contribution in [0.4, 0.5) is 5.82 Å². The van der Waals surface area contributed by atoms with Crippen LogP contribution >= 0.6 is 23.1 Å². The van der Waals surface area contributed by atoms with Crippen LogP contribution in [-0.4, -0.2) is 52.3 Å². The molecular formula is C16H20N3O4S3Y-. The van der Waals surface area contributed by atoms with Gasteiger partial charge >= 0.3 is 0 Å². The molecule has 3 unspecified atom stereocenters. The van der Waals surface area contributed by atoms with Crippen LogP contribution in [0.15, 0.2) is 28.9 Å². The third kappa shape index (κ3) is 5.49. The third-order valence-corrected chi connectivity index (χ3v) is 7.92. The molecule has 145 valence electrons. The number of sulfonamides is 1. The van der Waals surface area contributed by atoms with Crippen molar-refractivity contribution in [1.29, 1.82) is 0 Å². The number of thioether (sulfide) groups is 1. The largest absolute Gasteiger partial charge is 0.390 e. The summed E-state index contributed by atoms with van der Waals surface area (Å²) in [5, 5.41) is 23.1. The summed E-state index contributed by atoms with van der Waals surface area (Å²) in [7, 11) is -3.63. The molecule has 1 aliphatic rings. The zero-order valence-electron chi connectivity index (χ0n) is 14.7. The number of hydrogen-bond acceptors (Lipinski definition) is 8. The Bertz CT molecular complexity index is 818. The van der Waals surface area contributed by atoms with Crippen molar-refractivity contribution in [3.63, 3.8) is 0 Å². The van der Waals surface area contributed by atoms with E-state index in [0.717, 1.165) is 4.34 Å². The number of nitrogens with zero attached hydrogens (tertiary/aromatic N) is 3. The van der Waals surface area contributed by atoms with E-state index < -0.39 is 28.3 Å². The minimum absolute atomic E-state index is 0. The van der Waals surface area contributed by atoms with Crippen LogP contribution in [0.5, 0.6) is 0 Å². The van der Waals surface area contributed by atoms with E-state index in [-0.39, 0.29) is 44.3 Å². The fourth-order valence-corrected chi connectivity index (χ4v) is 6.34. The van der Waals surface area contributed by atoms with E-state index in [4.69, 9.17) is 0 Å². The molecule has 3 heterocycles. The molecule has 0 saturated carbocycles. The molecule has 11 heteroatoms. The molecule has 1 fully saturated rings. The van der Waals surface area contributed by atoms with Crippen molar-refractivity contribution in [3.05, 3.63) is 35.5 Å². The maximum Gasteiger partial charge on any atom is 0.239 e. The van der Waals surface area contributed by atoms with E-state index in [0.29, 0.717) is 24.2 Å². The zero-order valence-corrected chi connectivity index (χ0v) is 20.0. The number of thiazole rings is 1. The van der Waals surface area contributed by atoms with Crippen LogP contribution in [0.25, 0.3) is 0 Å². The molecule has 27 heavy (non-hydrogen) atoms. The second-order valence-electron chi connectivity index (χ2n) is 5.96. The van der Waals surface area contributed by atoms with Gasteiger partial charge in [0.15, 0.2) is 0 Å². The number of aliphatic hydroxyl groups is 2. The summed E-state index contributed by atoms with van der Waals surface area (Å²) in [4.78, 5) is 8.36. The fourth-order valence-electron chi connectivity index (χ4n) is 2.87. The first-order chi connectivity index (χ1) is 12.4. The van der Waals surface area contributed by atoms with Crippen LogP contribution in [0.3, 0.4) is 0 Å². The number of rotatable bonds is 7. The molecule has 1 saturated heterocycles. The van der Waals surface area contributed by atoms with E-state index in [1.54, 1.807) is 18.3 Å². The monoisotopic (exact) mass is 503 g/mol. The Kier molecular flexibility index (Phi) is 8.66. The minimum Gasteiger partial charge on any atom is -0.390 e. The average Bonchev–Trinajstić information content (AvgIpc) is 3.20. The Morgan fingerprint density at radius 3 is 2.81 bits per heavy atom. The van der Waals surface area contributed by atoms with Gasteiger partial charge in [0, 0.05) is 38.9 Å². The molecule has 0 amide bonds. The Morgan fingerprint density at radius 1 is 1.44 bits per heavy atom. The Labute approximate surface area is 192 Å². The molecule has 3 atom stereocenters. The summed E-state index contributed by atoms with van der Waals surface area (Å²) >= 11 is 2.92. The number of pyridine rings is 1. The first-order valence-corrected chi connectivity index (χ1v) is 11.6. The van der Waals surface area contributed by atoms with Gasteiger partial charge in [-0.1, -0.05) is 19.2 Å². The summed E-state index contributed by atoms with van der Waals surface area (Å²) in [6.07, 6.45) is 2.53. The Morgan fingerprint density at radius 2 is 2.22 bits per heavy atom. The minimum atomic E-state index is -3.63. The SMILES string of the molecule is CCC(O)c1ccc(N2C(CCSc3nc[c-]s3)C(O)CS2(=O)=O)nc1.[Y].